The fraction of sp³-hybridized carbons (Fsp3) is 0.300. The van der Waals surface area contributed by atoms with Gasteiger partial charge in [0.1, 0.15) is 22.8 Å². The number of hydrogen-bond donors (Lipinski definition) is 3. The van der Waals surface area contributed by atoms with Crippen LogP contribution in [0, 0.1) is 6.92 Å². The molecule has 1 atom stereocenters. The zero-order chi connectivity index (χ0) is 20.6. The fourth-order valence-electron chi connectivity index (χ4n) is 3.46. The van der Waals surface area contributed by atoms with E-state index < -0.39 is 5.41 Å². The number of amides is 1. The Hall–Kier alpha value is -2.93. The summed E-state index contributed by atoms with van der Waals surface area (Å²) in [4.78, 5) is 26.4. The molecule has 0 saturated heterocycles. The van der Waals surface area contributed by atoms with Gasteiger partial charge in [0.2, 0.25) is 5.91 Å². The molecule has 1 aliphatic rings. The van der Waals surface area contributed by atoms with E-state index in [1.54, 1.807) is 40.1 Å². The molecule has 1 aromatic carbocycles. The van der Waals surface area contributed by atoms with E-state index in [-0.39, 0.29) is 5.91 Å². The SMILES string of the molecule is C/C=C(\N)C1(C)C(=O)Nc2nc(C(=NC)c3ccc(Cl)cc3C)nc(NC)c21. The van der Waals surface area contributed by atoms with Crippen LogP contribution in [-0.2, 0) is 10.2 Å². The third-order valence-corrected chi connectivity index (χ3v) is 5.33. The number of aliphatic imine (C=N–C) groups is 1. The number of carbonyl (C=O) groups excluding carboxylic acids is 1. The molecule has 1 amide bonds. The number of carbonyl (C=O) groups is 1. The van der Waals surface area contributed by atoms with Crippen molar-refractivity contribution in [2.75, 3.05) is 24.7 Å². The van der Waals surface area contributed by atoms with Crippen molar-refractivity contribution in [2.45, 2.75) is 26.2 Å². The highest BCUT2D eigenvalue weighted by molar-refractivity contribution is 6.30. The summed E-state index contributed by atoms with van der Waals surface area (Å²) in [6.45, 7) is 5.52. The minimum Gasteiger partial charge on any atom is -0.401 e. The molecule has 0 aliphatic carbocycles. The summed E-state index contributed by atoms with van der Waals surface area (Å²) in [5, 5.41) is 6.57. The number of fused-ring (bicyclic) bond motifs is 1. The van der Waals surface area contributed by atoms with Crippen LogP contribution in [0.2, 0.25) is 5.02 Å². The van der Waals surface area contributed by atoms with Gasteiger partial charge in [-0.2, -0.15) is 0 Å². The van der Waals surface area contributed by atoms with Crippen LogP contribution in [-0.4, -0.2) is 35.7 Å². The number of rotatable bonds is 4. The van der Waals surface area contributed by atoms with E-state index in [9.17, 15) is 4.79 Å². The molecule has 0 radical (unpaired) electrons. The van der Waals surface area contributed by atoms with Gasteiger partial charge < -0.3 is 16.4 Å². The number of nitrogens with one attached hydrogen (secondary N) is 2. The highest BCUT2D eigenvalue weighted by atomic mass is 35.5. The van der Waals surface area contributed by atoms with Crippen molar-refractivity contribution in [1.82, 2.24) is 9.97 Å². The maximum absolute atomic E-state index is 12.8. The molecule has 0 bridgehead atoms. The summed E-state index contributed by atoms with van der Waals surface area (Å²) in [6, 6.07) is 5.54. The van der Waals surface area contributed by atoms with Crippen LogP contribution in [0.3, 0.4) is 0 Å². The lowest BCUT2D eigenvalue weighted by Gasteiger charge is -2.24. The lowest BCUT2D eigenvalue weighted by molar-refractivity contribution is -0.119. The van der Waals surface area contributed by atoms with Gasteiger partial charge in [0, 0.05) is 30.4 Å². The van der Waals surface area contributed by atoms with E-state index in [1.807, 2.05) is 19.1 Å². The molecule has 4 N–H and O–H groups in total. The zero-order valence-electron chi connectivity index (χ0n) is 16.5. The second-order valence-corrected chi connectivity index (χ2v) is 7.16. The third kappa shape index (κ3) is 2.92. The summed E-state index contributed by atoms with van der Waals surface area (Å²) >= 11 is 6.08. The number of aromatic nitrogens is 2. The molecule has 1 aromatic heterocycles. The molecule has 2 aromatic rings. The van der Waals surface area contributed by atoms with E-state index in [0.717, 1.165) is 11.1 Å². The van der Waals surface area contributed by atoms with Gasteiger partial charge in [0.05, 0.1) is 5.56 Å². The van der Waals surface area contributed by atoms with Crippen molar-refractivity contribution < 1.29 is 4.79 Å². The lowest BCUT2D eigenvalue weighted by atomic mass is 9.81. The summed E-state index contributed by atoms with van der Waals surface area (Å²) < 4.78 is 0. The molecule has 8 heteroatoms. The maximum atomic E-state index is 12.8. The molecule has 0 fully saturated rings. The number of aryl methyl sites for hydroxylation is 1. The topological polar surface area (TPSA) is 105 Å². The third-order valence-electron chi connectivity index (χ3n) is 5.10. The van der Waals surface area contributed by atoms with Crippen LogP contribution in [0.15, 0.2) is 35.0 Å². The minimum absolute atomic E-state index is 0.237. The van der Waals surface area contributed by atoms with Crippen molar-refractivity contribution in [3.05, 3.63) is 57.5 Å². The molecule has 0 spiro atoms. The van der Waals surface area contributed by atoms with Crippen molar-refractivity contribution in [1.29, 1.82) is 0 Å². The molecule has 3 rings (SSSR count). The predicted molar refractivity (Wildman–Crippen MR) is 113 cm³/mol. The Morgan fingerprint density at radius 1 is 1.39 bits per heavy atom. The molecule has 2 heterocycles. The molecule has 146 valence electrons. The summed E-state index contributed by atoms with van der Waals surface area (Å²) in [6.07, 6.45) is 1.72. The Morgan fingerprint density at radius 2 is 2.11 bits per heavy atom. The number of halogens is 1. The van der Waals surface area contributed by atoms with Crippen molar-refractivity contribution in [2.24, 2.45) is 10.7 Å². The van der Waals surface area contributed by atoms with Crippen LogP contribution in [0.4, 0.5) is 11.6 Å². The number of benzene rings is 1. The van der Waals surface area contributed by atoms with Crippen molar-refractivity contribution in [3.8, 4) is 0 Å². The van der Waals surface area contributed by atoms with Crippen molar-refractivity contribution >= 4 is 34.9 Å². The standard InChI is InChI=1S/C20H23ClN6O/c1-6-13(22)20(3)14-16(24-5)25-18(26-17(14)27-19(20)28)15(23-4)12-8-7-11(21)9-10(12)2/h6-9H,22H2,1-5H3,(H2,24,25,26,27,28)/b13-6-,23-15?. The van der Waals surface area contributed by atoms with Crippen molar-refractivity contribution in [3.63, 3.8) is 0 Å². The maximum Gasteiger partial charge on any atom is 0.242 e. The Morgan fingerprint density at radius 3 is 2.68 bits per heavy atom. The highest BCUT2D eigenvalue weighted by Gasteiger charge is 2.48. The smallest absolute Gasteiger partial charge is 0.242 e. The average molecular weight is 399 g/mol. The Labute approximate surface area is 169 Å². The first-order valence-corrected chi connectivity index (χ1v) is 9.23. The van der Waals surface area contributed by atoms with Crippen LogP contribution in [0.25, 0.3) is 0 Å². The first kappa shape index (κ1) is 19.8. The molecular weight excluding hydrogens is 376 g/mol. The number of anilines is 2. The molecule has 1 aliphatic heterocycles. The number of nitrogens with two attached hydrogens (primary N) is 1. The van der Waals surface area contributed by atoms with Gasteiger partial charge in [0.15, 0.2) is 5.82 Å². The fourth-order valence-corrected chi connectivity index (χ4v) is 3.68. The average Bonchev–Trinajstić information content (AvgIpc) is 2.94. The largest absolute Gasteiger partial charge is 0.401 e. The number of allylic oxidation sites excluding steroid dienone is 1. The Kier molecular flexibility index (Phi) is 5.12. The molecule has 0 saturated carbocycles. The molecule has 7 nitrogen and oxygen atoms in total. The molecule has 1 unspecified atom stereocenters. The number of nitrogens with zero attached hydrogens (tertiary/aromatic N) is 3. The van der Waals surface area contributed by atoms with E-state index >= 15 is 0 Å². The lowest BCUT2D eigenvalue weighted by Crippen LogP contribution is -2.37. The normalized spacial score (nSPS) is 19.4. The minimum atomic E-state index is -1.04. The van der Waals surface area contributed by atoms with E-state index in [0.29, 0.717) is 39.5 Å². The van der Waals surface area contributed by atoms with Gasteiger partial charge in [-0.25, -0.2) is 9.97 Å². The zero-order valence-corrected chi connectivity index (χ0v) is 17.3. The summed E-state index contributed by atoms with van der Waals surface area (Å²) in [5.74, 6) is 1.12. The molecule has 28 heavy (non-hydrogen) atoms. The Balaban J connectivity index is 2.22. The quantitative estimate of drug-likeness (QED) is 0.686. The first-order chi connectivity index (χ1) is 13.3. The van der Waals surface area contributed by atoms with Crippen LogP contribution in [0.1, 0.15) is 36.4 Å². The van der Waals surface area contributed by atoms with Gasteiger partial charge in [-0.15, -0.1) is 0 Å². The first-order valence-electron chi connectivity index (χ1n) is 8.85. The van der Waals surface area contributed by atoms with E-state index in [2.05, 4.69) is 25.6 Å². The van der Waals surface area contributed by atoms with Crippen LogP contribution >= 0.6 is 11.6 Å². The van der Waals surface area contributed by atoms with E-state index in [1.165, 1.54) is 0 Å². The van der Waals surface area contributed by atoms with Gasteiger partial charge in [-0.05, 0) is 38.5 Å². The summed E-state index contributed by atoms with van der Waals surface area (Å²) in [7, 11) is 3.43. The predicted octanol–water partition coefficient (Wildman–Crippen LogP) is 3.02. The van der Waals surface area contributed by atoms with Gasteiger partial charge in [-0.3, -0.25) is 9.79 Å². The van der Waals surface area contributed by atoms with Gasteiger partial charge in [0.25, 0.3) is 0 Å². The van der Waals surface area contributed by atoms with Crippen LogP contribution in [0.5, 0.6) is 0 Å². The molecular formula is C20H23ClN6O. The second kappa shape index (κ2) is 7.24. The second-order valence-electron chi connectivity index (χ2n) is 6.72. The van der Waals surface area contributed by atoms with Crippen LogP contribution < -0.4 is 16.4 Å². The summed E-state index contributed by atoms with van der Waals surface area (Å²) in [5.41, 5.74) is 8.63. The highest BCUT2D eigenvalue weighted by Crippen LogP contribution is 2.43. The Bertz CT molecular complexity index is 1030. The van der Waals surface area contributed by atoms with Gasteiger partial charge in [-0.1, -0.05) is 23.7 Å². The van der Waals surface area contributed by atoms with E-state index in [4.69, 9.17) is 17.3 Å². The number of hydrogen-bond acceptors (Lipinski definition) is 6. The van der Waals surface area contributed by atoms with Gasteiger partial charge >= 0.3 is 0 Å². The monoisotopic (exact) mass is 398 g/mol.